The van der Waals surface area contributed by atoms with Gasteiger partial charge in [0.15, 0.2) is 5.16 Å². The number of rotatable bonds is 9. The molecule has 0 unspecified atom stereocenters. The molecule has 0 bridgehead atoms. The first-order chi connectivity index (χ1) is 16.5. The number of esters is 1. The number of ether oxygens (including phenoxy) is 1. The molecule has 0 spiro atoms. The number of aryl methyl sites for hydroxylation is 1. The fourth-order valence-electron chi connectivity index (χ4n) is 4.81. The van der Waals surface area contributed by atoms with Crippen molar-refractivity contribution in [1.29, 1.82) is 0 Å². The first-order valence-corrected chi connectivity index (χ1v) is 14.1. The third kappa shape index (κ3) is 5.74. The molecule has 2 aliphatic carbocycles. The van der Waals surface area contributed by atoms with Gasteiger partial charge in [0.05, 0.1) is 17.4 Å². The number of aromatic nitrogens is 3. The maximum absolute atomic E-state index is 12.9. The average Bonchev–Trinajstić information content (AvgIpc) is 3.39. The molecular weight excluding hydrogens is 468 g/mol. The summed E-state index contributed by atoms with van der Waals surface area (Å²) in [5.41, 5.74) is 1.59. The number of nitrogens with zero attached hydrogens (tertiary/aromatic N) is 3. The Kier molecular flexibility index (Phi) is 8.47. The van der Waals surface area contributed by atoms with Crippen LogP contribution in [0.4, 0.5) is 5.00 Å². The van der Waals surface area contributed by atoms with Crippen LogP contribution >= 0.6 is 23.1 Å². The summed E-state index contributed by atoms with van der Waals surface area (Å²) < 4.78 is 7.59. The van der Waals surface area contributed by atoms with Crippen molar-refractivity contribution in [3.8, 4) is 0 Å². The molecule has 1 amide bonds. The minimum atomic E-state index is -0.347. The number of carbonyl (C=O) groups excluding carboxylic acids is 2. The highest BCUT2D eigenvalue weighted by Crippen LogP contribution is 2.39. The quantitative estimate of drug-likeness (QED) is 0.267. The topological polar surface area (TPSA) is 86.1 Å². The van der Waals surface area contributed by atoms with Crippen LogP contribution in [0.1, 0.15) is 91.3 Å². The zero-order valence-corrected chi connectivity index (χ0v) is 21.7. The molecule has 7 nitrogen and oxygen atoms in total. The first-order valence-electron chi connectivity index (χ1n) is 12.3. The number of thiophene rings is 1. The minimum absolute atomic E-state index is 0.158. The van der Waals surface area contributed by atoms with E-state index < -0.39 is 0 Å². The van der Waals surface area contributed by atoms with Crippen molar-refractivity contribution in [3.05, 3.63) is 34.5 Å². The highest BCUT2D eigenvalue weighted by molar-refractivity contribution is 7.99. The Labute approximate surface area is 209 Å². The Hall–Kier alpha value is -2.13. The highest BCUT2D eigenvalue weighted by Gasteiger charge is 2.28. The summed E-state index contributed by atoms with van der Waals surface area (Å²) in [6.45, 7) is 8.20. The van der Waals surface area contributed by atoms with E-state index in [0.29, 0.717) is 23.0 Å². The molecule has 2 heterocycles. The standard InChI is InChI=1S/C25H34N4O3S2/c1-4-14-29-22(17-10-6-5-7-11-17)27-28-25(29)33-15-20(30)26-23-21(24(31)32-16(2)3)18-12-8-9-13-19(18)34-23/h4,16-17H,1,5-15H2,2-3H3,(H,26,30). The maximum Gasteiger partial charge on any atom is 0.341 e. The van der Waals surface area contributed by atoms with Crippen LogP contribution in [-0.4, -0.2) is 38.5 Å². The molecule has 1 N–H and O–H groups in total. The van der Waals surface area contributed by atoms with Gasteiger partial charge in [-0.15, -0.1) is 28.1 Å². The van der Waals surface area contributed by atoms with Crippen LogP contribution < -0.4 is 5.32 Å². The molecule has 0 radical (unpaired) electrons. The highest BCUT2D eigenvalue weighted by atomic mass is 32.2. The van der Waals surface area contributed by atoms with E-state index >= 15 is 0 Å². The summed E-state index contributed by atoms with van der Waals surface area (Å²) in [5, 5.41) is 13.2. The van der Waals surface area contributed by atoms with E-state index in [9.17, 15) is 9.59 Å². The third-order valence-corrected chi connectivity index (χ3v) is 8.50. The van der Waals surface area contributed by atoms with Gasteiger partial charge in [-0.1, -0.05) is 37.1 Å². The Morgan fingerprint density at radius 2 is 1.97 bits per heavy atom. The van der Waals surface area contributed by atoms with Crippen LogP contribution in [0.15, 0.2) is 17.8 Å². The Balaban J connectivity index is 1.46. The number of carbonyl (C=O) groups is 2. The molecule has 184 valence electrons. The van der Waals surface area contributed by atoms with Crippen LogP contribution in [0.3, 0.4) is 0 Å². The van der Waals surface area contributed by atoms with E-state index in [1.165, 1.54) is 47.2 Å². The Morgan fingerprint density at radius 1 is 1.21 bits per heavy atom. The van der Waals surface area contributed by atoms with Gasteiger partial charge in [-0.2, -0.15) is 0 Å². The molecular formula is C25H34N4O3S2. The third-order valence-electron chi connectivity index (χ3n) is 6.33. The zero-order valence-electron chi connectivity index (χ0n) is 20.1. The van der Waals surface area contributed by atoms with Crippen LogP contribution in [0, 0.1) is 0 Å². The molecule has 2 aliphatic rings. The summed E-state index contributed by atoms with van der Waals surface area (Å²) in [6, 6.07) is 0. The second-order valence-corrected chi connectivity index (χ2v) is 11.3. The molecule has 0 atom stereocenters. The Bertz CT molecular complexity index is 1040. The van der Waals surface area contributed by atoms with E-state index in [1.807, 2.05) is 19.9 Å². The summed E-state index contributed by atoms with van der Waals surface area (Å²) >= 11 is 2.89. The van der Waals surface area contributed by atoms with Gasteiger partial charge in [0, 0.05) is 17.3 Å². The first kappa shape index (κ1) is 25.0. The summed E-state index contributed by atoms with van der Waals surface area (Å²) in [6.07, 6.45) is 11.6. The van der Waals surface area contributed by atoms with Gasteiger partial charge in [0.1, 0.15) is 10.8 Å². The molecule has 0 aromatic carbocycles. The largest absolute Gasteiger partial charge is 0.459 e. The SMILES string of the molecule is C=CCn1c(SCC(=O)Nc2sc3c(c2C(=O)OC(C)C)CCCC3)nnc1C1CCCCC1. The molecule has 34 heavy (non-hydrogen) atoms. The summed E-state index contributed by atoms with van der Waals surface area (Å²) in [7, 11) is 0. The number of allylic oxidation sites excluding steroid dienone is 1. The number of hydrogen-bond donors (Lipinski definition) is 1. The number of anilines is 1. The molecule has 0 saturated heterocycles. The number of thioether (sulfide) groups is 1. The van der Waals surface area contributed by atoms with Crippen molar-refractivity contribution in [1.82, 2.24) is 14.8 Å². The van der Waals surface area contributed by atoms with Gasteiger partial charge in [-0.05, 0) is 57.9 Å². The number of hydrogen-bond acceptors (Lipinski definition) is 7. The lowest BCUT2D eigenvalue weighted by atomic mass is 9.89. The average molecular weight is 503 g/mol. The Morgan fingerprint density at radius 3 is 2.71 bits per heavy atom. The second kappa shape index (κ2) is 11.5. The van der Waals surface area contributed by atoms with Crippen molar-refractivity contribution in [2.24, 2.45) is 0 Å². The predicted octanol–water partition coefficient (Wildman–Crippen LogP) is 5.75. The minimum Gasteiger partial charge on any atom is -0.459 e. The molecule has 2 aromatic rings. The van der Waals surface area contributed by atoms with Gasteiger partial charge in [0.2, 0.25) is 5.91 Å². The van der Waals surface area contributed by atoms with Gasteiger partial charge in [0.25, 0.3) is 0 Å². The van der Waals surface area contributed by atoms with E-state index in [2.05, 4.69) is 26.7 Å². The van der Waals surface area contributed by atoms with E-state index in [1.54, 1.807) is 0 Å². The summed E-state index contributed by atoms with van der Waals surface area (Å²) in [4.78, 5) is 26.9. The molecule has 0 aliphatic heterocycles. The monoisotopic (exact) mass is 502 g/mol. The van der Waals surface area contributed by atoms with Crippen molar-refractivity contribution in [2.45, 2.75) is 95.4 Å². The van der Waals surface area contributed by atoms with Crippen molar-refractivity contribution >= 4 is 40.0 Å². The molecule has 4 rings (SSSR count). The number of fused-ring (bicyclic) bond motifs is 1. The fraction of sp³-hybridized carbons (Fsp3) is 0.600. The molecule has 1 fully saturated rings. The van der Waals surface area contributed by atoms with E-state index in [-0.39, 0.29) is 23.7 Å². The smallest absolute Gasteiger partial charge is 0.341 e. The zero-order chi connectivity index (χ0) is 24.1. The van der Waals surface area contributed by atoms with Crippen molar-refractivity contribution < 1.29 is 14.3 Å². The second-order valence-electron chi connectivity index (χ2n) is 9.28. The molecule has 9 heteroatoms. The lowest BCUT2D eigenvalue weighted by Crippen LogP contribution is -2.19. The lowest BCUT2D eigenvalue weighted by molar-refractivity contribution is -0.113. The molecule has 2 aromatic heterocycles. The van der Waals surface area contributed by atoms with Gasteiger partial charge in [-0.3, -0.25) is 4.79 Å². The number of amides is 1. The van der Waals surface area contributed by atoms with Crippen molar-refractivity contribution in [2.75, 3.05) is 11.1 Å². The van der Waals surface area contributed by atoms with Crippen LogP contribution in [0.25, 0.3) is 0 Å². The van der Waals surface area contributed by atoms with Crippen LogP contribution in [0.2, 0.25) is 0 Å². The summed E-state index contributed by atoms with van der Waals surface area (Å²) in [5.74, 6) is 1.12. The van der Waals surface area contributed by atoms with E-state index in [4.69, 9.17) is 4.74 Å². The van der Waals surface area contributed by atoms with Gasteiger partial charge < -0.3 is 14.6 Å². The van der Waals surface area contributed by atoms with Crippen LogP contribution in [-0.2, 0) is 28.9 Å². The van der Waals surface area contributed by atoms with E-state index in [0.717, 1.165) is 55.1 Å². The van der Waals surface area contributed by atoms with Crippen LogP contribution in [0.5, 0.6) is 0 Å². The predicted molar refractivity (Wildman–Crippen MR) is 137 cm³/mol. The van der Waals surface area contributed by atoms with Crippen molar-refractivity contribution in [3.63, 3.8) is 0 Å². The lowest BCUT2D eigenvalue weighted by Gasteiger charge is -2.21. The maximum atomic E-state index is 12.9. The number of nitrogens with one attached hydrogen (secondary N) is 1. The normalized spacial score (nSPS) is 16.3. The fourth-order valence-corrected chi connectivity index (χ4v) is 6.85. The molecule has 1 saturated carbocycles. The van der Waals surface area contributed by atoms with Gasteiger partial charge >= 0.3 is 5.97 Å². The van der Waals surface area contributed by atoms with Gasteiger partial charge in [-0.25, -0.2) is 4.79 Å².